The molecule has 3 rings (SSSR count). The summed E-state index contributed by atoms with van der Waals surface area (Å²) >= 11 is 5.92. The predicted octanol–water partition coefficient (Wildman–Crippen LogP) is 4.68. The summed E-state index contributed by atoms with van der Waals surface area (Å²) in [6, 6.07) is 22.1. The van der Waals surface area contributed by atoms with Crippen LogP contribution in [0.15, 0.2) is 83.8 Å². The van der Waals surface area contributed by atoms with E-state index in [-0.39, 0.29) is 29.7 Å². The predicted molar refractivity (Wildman–Crippen MR) is 155 cm³/mol. The highest BCUT2D eigenvalue weighted by Crippen LogP contribution is 2.20. The number of hydrogen-bond donors (Lipinski definition) is 1. The Hall–Kier alpha value is -3.20. The van der Waals surface area contributed by atoms with Gasteiger partial charge in [-0.1, -0.05) is 85.6 Å². The van der Waals surface area contributed by atoms with Crippen LogP contribution in [0.25, 0.3) is 0 Å². The third-order valence-corrected chi connectivity index (χ3v) is 8.38. The Morgan fingerprint density at radius 1 is 0.897 bits per heavy atom. The van der Waals surface area contributed by atoms with Crippen LogP contribution in [0.1, 0.15) is 30.5 Å². The molecule has 208 valence electrons. The van der Waals surface area contributed by atoms with Gasteiger partial charge >= 0.3 is 0 Å². The lowest BCUT2D eigenvalue weighted by molar-refractivity contribution is -0.141. The topological polar surface area (TPSA) is 86.8 Å². The summed E-state index contributed by atoms with van der Waals surface area (Å²) in [4.78, 5) is 28.9. The van der Waals surface area contributed by atoms with Crippen molar-refractivity contribution in [3.8, 4) is 0 Å². The maximum Gasteiger partial charge on any atom is 0.243 e. The van der Waals surface area contributed by atoms with E-state index in [1.54, 1.807) is 0 Å². The molecule has 0 aliphatic carbocycles. The van der Waals surface area contributed by atoms with E-state index < -0.39 is 28.5 Å². The second-order valence-corrected chi connectivity index (χ2v) is 12.5. The molecular formula is C30H36ClN3O4S. The number of benzene rings is 3. The van der Waals surface area contributed by atoms with Gasteiger partial charge in [-0.3, -0.25) is 9.59 Å². The van der Waals surface area contributed by atoms with Gasteiger partial charge in [-0.25, -0.2) is 8.42 Å². The summed E-state index contributed by atoms with van der Waals surface area (Å²) < 4.78 is 27.4. The van der Waals surface area contributed by atoms with E-state index in [1.807, 2.05) is 75.4 Å². The van der Waals surface area contributed by atoms with E-state index in [0.717, 1.165) is 21.0 Å². The first-order valence-corrected chi connectivity index (χ1v) is 14.7. The van der Waals surface area contributed by atoms with E-state index in [4.69, 9.17) is 11.6 Å². The van der Waals surface area contributed by atoms with Gasteiger partial charge in [0.25, 0.3) is 0 Å². The largest absolute Gasteiger partial charge is 0.354 e. The van der Waals surface area contributed by atoms with Gasteiger partial charge in [0.05, 0.1) is 11.4 Å². The van der Waals surface area contributed by atoms with Gasteiger partial charge in [-0.05, 0) is 48.2 Å². The molecule has 0 saturated carbocycles. The fraction of sp³-hybridized carbons (Fsp3) is 0.333. The molecule has 0 heterocycles. The molecule has 0 saturated heterocycles. The number of aryl methyl sites for hydroxylation is 1. The molecule has 1 N–H and O–H groups in total. The first kappa shape index (κ1) is 30.3. The van der Waals surface area contributed by atoms with Crippen LogP contribution >= 0.6 is 11.6 Å². The maximum atomic E-state index is 13.9. The number of amides is 2. The number of likely N-dealkylation sites (N-methyl/N-ethyl adjacent to an activating group) is 1. The summed E-state index contributed by atoms with van der Waals surface area (Å²) in [7, 11) is -2.60. The van der Waals surface area contributed by atoms with Crippen molar-refractivity contribution >= 4 is 33.4 Å². The van der Waals surface area contributed by atoms with Gasteiger partial charge in [0.15, 0.2) is 0 Å². The molecule has 0 fully saturated rings. The maximum absolute atomic E-state index is 13.9. The van der Waals surface area contributed by atoms with E-state index >= 15 is 0 Å². The van der Waals surface area contributed by atoms with Crippen LogP contribution in [0, 0.1) is 12.8 Å². The number of carbonyl (C=O) groups is 2. The average molecular weight is 570 g/mol. The number of nitrogens with zero attached hydrogens (tertiary/aromatic N) is 2. The number of nitrogens with one attached hydrogen (secondary N) is 1. The van der Waals surface area contributed by atoms with Gasteiger partial charge in [0.2, 0.25) is 21.8 Å². The number of carbonyl (C=O) groups excluding carboxylic acids is 2. The highest BCUT2D eigenvalue weighted by Gasteiger charge is 2.33. The molecule has 0 radical (unpaired) electrons. The molecule has 9 heteroatoms. The molecule has 3 aromatic carbocycles. The van der Waals surface area contributed by atoms with Crippen LogP contribution in [0.2, 0.25) is 5.02 Å². The monoisotopic (exact) mass is 569 g/mol. The number of halogens is 1. The van der Waals surface area contributed by atoms with Crippen molar-refractivity contribution < 1.29 is 18.0 Å². The van der Waals surface area contributed by atoms with Crippen LogP contribution in [-0.4, -0.2) is 55.6 Å². The van der Waals surface area contributed by atoms with E-state index in [9.17, 15) is 18.0 Å². The third-order valence-electron chi connectivity index (χ3n) is 6.31. The van der Waals surface area contributed by atoms with Gasteiger partial charge in [-0.2, -0.15) is 4.31 Å². The van der Waals surface area contributed by atoms with E-state index in [0.29, 0.717) is 11.6 Å². The lowest BCUT2D eigenvalue weighted by atomic mass is 10.0. The molecule has 0 aliphatic heterocycles. The Kier molecular flexibility index (Phi) is 10.7. The summed E-state index contributed by atoms with van der Waals surface area (Å²) in [6.07, 6.45) is 0.288. The van der Waals surface area contributed by atoms with Crippen molar-refractivity contribution in [2.75, 3.05) is 20.1 Å². The molecule has 3 aromatic rings. The second-order valence-electron chi connectivity index (χ2n) is 10.1. The van der Waals surface area contributed by atoms with Crippen LogP contribution in [0.3, 0.4) is 0 Å². The minimum absolute atomic E-state index is 0.0304. The van der Waals surface area contributed by atoms with E-state index in [2.05, 4.69) is 5.32 Å². The van der Waals surface area contributed by atoms with Crippen LogP contribution < -0.4 is 5.32 Å². The molecule has 0 bridgehead atoms. The molecule has 39 heavy (non-hydrogen) atoms. The van der Waals surface area contributed by atoms with E-state index in [1.165, 1.54) is 36.2 Å². The zero-order chi connectivity index (χ0) is 28.6. The Bertz CT molecular complexity index is 1350. The normalized spacial score (nSPS) is 12.4. The molecule has 1 unspecified atom stereocenters. The average Bonchev–Trinajstić information content (AvgIpc) is 2.91. The summed E-state index contributed by atoms with van der Waals surface area (Å²) in [5.41, 5.74) is 2.80. The third kappa shape index (κ3) is 8.65. The fourth-order valence-corrected chi connectivity index (χ4v) is 5.27. The zero-order valence-electron chi connectivity index (χ0n) is 22.8. The van der Waals surface area contributed by atoms with Crippen molar-refractivity contribution in [2.24, 2.45) is 5.92 Å². The quantitative estimate of drug-likeness (QED) is 0.343. The van der Waals surface area contributed by atoms with Gasteiger partial charge in [0.1, 0.15) is 6.04 Å². The lowest BCUT2D eigenvalue weighted by Gasteiger charge is -2.33. The zero-order valence-corrected chi connectivity index (χ0v) is 24.4. The lowest BCUT2D eigenvalue weighted by Crippen LogP contribution is -2.53. The first-order chi connectivity index (χ1) is 18.5. The Balaban J connectivity index is 1.96. The molecule has 0 aliphatic rings. The second kappa shape index (κ2) is 13.7. The van der Waals surface area contributed by atoms with Crippen molar-refractivity contribution in [3.63, 3.8) is 0 Å². The van der Waals surface area contributed by atoms with Gasteiger partial charge in [0, 0.05) is 31.6 Å². The number of rotatable bonds is 12. The van der Waals surface area contributed by atoms with Crippen molar-refractivity contribution in [3.05, 3.63) is 101 Å². The highest BCUT2D eigenvalue weighted by atomic mass is 35.5. The first-order valence-electron chi connectivity index (χ1n) is 12.9. The molecular weight excluding hydrogens is 534 g/mol. The minimum Gasteiger partial charge on any atom is -0.354 e. The minimum atomic E-state index is -3.96. The standard InChI is InChI=1S/C30H36ClN3O4S/c1-22(2)19-32-30(36)28(18-24-8-6-5-7-9-24)34(20-25-12-10-23(3)11-13-25)29(35)21-33(4)39(37,38)27-16-14-26(31)15-17-27/h5-17,22,28H,18-21H2,1-4H3,(H,32,36). The fourth-order valence-electron chi connectivity index (χ4n) is 4.02. The van der Waals surface area contributed by atoms with Gasteiger partial charge < -0.3 is 10.2 Å². The van der Waals surface area contributed by atoms with Gasteiger partial charge in [-0.15, -0.1) is 0 Å². The molecule has 1 atom stereocenters. The van der Waals surface area contributed by atoms with Crippen molar-refractivity contribution in [2.45, 2.75) is 44.7 Å². The Morgan fingerprint density at radius 2 is 1.51 bits per heavy atom. The van der Waals surface area contributed by atoms with Crippen LogP contribution in [0.4, 0.5) is 0 Å². The van der Waals surface area contributed by atoms with Crippen molar-refractivity contribution in [1.82, 2.24) is 14.5 Å². The summed E-state index contributed by atoms with van der Waals surface area (Å²) in [6.45, 7) is 6.15. The van der Waals surface area contributed by atoms with Crippen molar-refractivity contribution in [1.29, 1.82) is 0 Å². The molecule has 0 spiro atoms. The summed E-state index contributed by atoms with van der Waals surface area (Å²) in [5.74, 6) is -0.532. The van der Waals surface area contributed by atoms with Crippen LogP contribution in [-0.2, 0) is 32.6 Å². The van der Waals surface area contributed by atoms with Crippen LogP contribution in [0.5, 0.6) is 0 Å². The number of hydrogen-bond acceptors (Lipinski definition) is 4. The smallest absolute Gasteiger partial charge is 0.243 e. The SMILES string of the molecule is Cc1ccc(CN(C(=O)CN(C)S(=O)(=O)c2ccc(Cl)cc2)C(Cc2ccccc2)C(=O)NCC(C)C)cc1. The Morgan fingerprint density at radius 3 is 2.10 bits per heavy atom. The Labute approximate surface area is 236 Å². The molecule has 0 aromatic heterocycles. The highest BCUT2D eigenvalue weighted by molar-refractivity contribution is 7.89. The number of sulfonamides is 1. The summed E-state index contributed by atoms with van der Waals surface area (Å²) in [5, 5.41) is 3.38. The molecule has 7 nitrogen and oxygen atoms in total. The molecule has 2 amide bonds.